The Bertz CT molecular complexity index is 689. The van der Waals surface area contributed by atoms with Crippen LogP contribution in [0.1, 0.15) is 11.1 Å². The number of aliphatic imine (C=N–C) groups is 1. The van der Waals surface area contributed by atoms with Gasteiger partial charge in [0.25, 0.3) is 0 Å². The molecule has 0 fully saturated rings. The number of nitrogens with zero attached hydrogens (tertiary/aromatic N) is 2. The van der Waals surface area contributed by atoms with Crippen molar-refractivity contribution >= 4 is 17.6 Å². The first kappa shape index (κ1) is 17.9. The number of rotatable bonds is 6. The molecule has 7 heteroatoms. The number of benzene rings is 1. The average Bonchev–Trinajstić information content (AvgIpc) is 2.60. The molecule has 128 valence electrons. The molecule has 0 bridgehead atoms. The minimum absolute atomic E-state index is 0.214. The third-order valence-electron chi connectivity index (χ3n) is 3.45. The van der Waals surface area contributed by atoms with Gasteiger partial charge in [0.15, 0.2) is 5.96 Å². The Labute approximate surface area is 146 Å². The quantitative estimate of drug-likeness (QED) is 0.424. The van der Waals surface area contributed by atoms with E-state index in [-0.39, 0.29) is 5.75 Å². The number of aromatic hydroxyl groups is 1. The number of hydrogen-bond acceptors (Lipinski definition) is 4. The van der Waals surface area contributed by atoms with Crippen molar-refractivity contribution in [1.82, 2.24) is 15.6 Å². The zero-order valence-electron chi connectivity index (χ0n) is 13.7. The lowest BCUT2D eigenvalue weighted by Gasteiger charge is -2.13. The van der Waals surface area contributed by atoms with Gasteiger partial charge in [-0.25, -0.2) is 4.98 Å². The zero-order valence-corrected chi connectivity index (χ0v) is 14.5. The van der Waals surface area contributed by atoms with Gasteiger partial charge in [-0.05, 0) is 36.2 Å². The third-order valence-corrected chi connectivity index (χ3v) is 3.67. The van der Waals surface area contributed by atoms with Gasteiger partial charge < -0.3 is 20.5 Å². The van der Waals surface area contributed by atoms with Crippen molar-refractivity contribution in [2.24, 2.45) is 4.99 Å². The van der Waals surface area contributed by atoms with E-state index in [1.165, 1.54) is 0 Å². The predicted octanol–water partition coefficient (Wildman–Crippen LogP) is 2.36. The number of nitrogens with one attached hydrogen (secondary N) is 2. The van der Waals surface area contributed by atoms with Crippen LogP contribution in [0.2, 0.25) is 5.15 Å². The SMILES string of the molecule is CN=C(NCCc1ccc(Cl)nc1)NCc1cc(OC)ccc1O. The van der Waals surface area contributed by atoms with Crippen LogP contribution in [0.5, 0.6) is 11.5 Å². The van der Waals surface area contributed by atoms with Gasteiger partial charge in [-0.2, -0.15) is 0 Å². The summed E-state index contributed by atoms with van der Waals surface area (Å²) in [5.41, 5.74) is 1.83. The molecule has 24 heavy (non-hydrogen) atoms. The van der Waals surface area contributed by atoms with Crippen LogP contribution in [0.25, 0.3) is 0 Å². The summed E-state index contributed by atoms with van der Waals surface area (Å²) >= 11 is 5.77. The van der Waals surface area contributed by atoms with Crippen LogP contribution in [0, 0.1) is 0 Å². The Hall–Kier alpha value is -2.47. The highest BCUT2D eigenvalue weighted by Crippen LogP contribution is 2.22. The van der Waals surface area contributed by atoms with Crippen molar-refractivity contribution in [2.45, 2.75) is 13.0 Å². The number of halogens is 1. The van der Waals surface area contributed by atoms with Gasteiger partial charge in [-0.1, -0.05) is 17.7 Å². The van der Waals surface area contributed by atoms with E-state index in [0.29, 0.717) is 30.0 Å². The molecule has 0 aliphatic carbocycles. The van der Waals surface area contributed by atoms with Crippen molar-refractivity contribution < 1.29 is 9.84 Å². The van der Waals surface area contributed by atoms with Crippen LogP contribution in [-0.4, -0.2) is 36.8 Å². The van der Waals surface area contributed by atoms with E-state index < -0.39 is 0 Å². The van der Waals surface area contributed by atoms with E-state index in [9.17, 15) is 5.11 Å². The van der Waals surface area contributed by atoms with Crippen LogP contribution in [-0.2, 0) is 13.0 Å². The summed E-state index contributed by atoms with van der Waals surface area (Å²) < 4.78 is 5.17. The summed E-state index contributed by atoms with van der Waals surface area (Å²) in [7, 11) is 3.29. The lowest BCUT2D eigenvalue weighted by molar-refractivity contribution is 0.410. The molecule has 0 aliphatic rings. The van der Waals surface area contributed by atoms with Gasteiger partial charge in [-0.3, -0.25) is 4.99 Å². The van der Waals surface area contributed by atoms with Crippen molar-refractivity contribution in [1.29, 1.82) is 0 Å². The maximum absolute atomic E-state index is 9.89. The Kier molecular flexibility index (Phi) is 6.69. The lowest BCUT2D eigenvalue weighted by Crippen LogP contribution is -2.37. The number of phenolic OH excluding ortho intramolecular Hbond substituents is 1. The maximum Gasteiger partial charge on any atom is 0.191 e. The summed E-state index contributed by atoms with van der Waals surface area (Å²) in [4.78, 5) is 8.22. The Balaban J connectivity index is 1.83. The van der Waals surface area contributed by atoms with E-state index in [1.54, 1.807) is 44.6 Å². The van der Waals surface area contributed by atoms with Crippen molar-refractivity contribution in [3.63, 3.8) is 0 Å². The first-order valence-electron chi connectivity index (χ1n) is 7.53. The molecule has 0 spiro atoms. The van der Waals surface area contributed by atoms with Crippen molar-refractivity contribution in [3.8, 4) is 11.5 Å². The highest BCUT2D eigenvalue weighted by atomic mass is 35.5. The predicted molar refractivity (Wildman–Crippen MR) is 95.8 cm³/mol. The molecule has 2 aromatic rings. The minimum Gasteiger partial charge on any atom is -0.508 e. The van der Waals surface area contributed by atoms with Gasteiger partial charge >= 0.3 is 0 Å². The summed E-state index contributed by atoms with van der Waals surface area (Å²) in [6.07, 6.45) is 2.56. The molecule has 1 aromatic heterocycles. The van der Waals surface area contributed by atoms with E-state index in [2.05, 4.69) is 20.6 Å². The Morgan fingerprint density at radius 1 is 1.29 bits per heavy atom. The molecule has 0 saturated carbocycles. The first-order valence-corrected chi connectivity index (χ1v) is 7.91. The summed E-state index contributed by atoms with van der Waals surface area (Å²) in [5, 5.41) is 16.8. The molecule has 2 rings (SSSR count). The first-order chi connectivity index (χ1) is 11.6. The van der Waals surface area contributed by atoms with Gasteiger partial charge in [0.2, 0.25) is 0 Å². The highest BCUT2D eigenvalue weighted by Gasteiger charge is 2.05. The second-order valence-corrected chi connectivity index (χ2v) is 5.47. The normalized spacial score (nSPS) is 11.2. The molecule has 0 atom stereocenters. The minimum atomic E-state index is 0.214. The molecular formula is C17H21ClN4O2. The van der Waals surface area contributed by atoms with E-state index >= 15 is 0 Å². The topological polar surface area (TPSA) is 78.8 Å². The number of pyridine rings is 1. The van der Waals surface area contributed by atoms with Crippen LogP contribution in [0.15, 0.2) is 41.5 Å². The summed E-state index contributed by atoms with van der Waals surface area (Å²) in [6.45, 7) is 1.14. The third kappa shape index (κ3) is 5.31. The van der Waals surface area contributed by atoms with E-state index in [4.69, 9.17) is 16.3 Å². The standard InChI is InChI=1S/C17H21ClN4O2/c1-19-17(20-8-7-12-3-6-16(18)21-10-12)22-11-13-9-14(24-2)4-5-15(13)23/h3-6,9-10,23H,7-8,11H2,1-2H3,(H2,19,20,22). The summed E-state index contributed by atoms with van der Waals surface area (Å²) in [5.74, 6) is 1.56. The number of ether oxygens (including phenoxy) is 1. The molecule has 0 radical (unpaired) electrons. The second-order valence-electron chi connectivity index (χ2n) is 5.09. The van der Waals surface area contributed by atoms with Crippen LogP contribution in [0.3, 0.4) is 0 Å². The number of aromatic nitrogens is 1. The monoisotopic (exact) mass is 348 g/mol. The van der Waals surface area contributed by atoms with Crippen molar-refractivity contribution in [2.75, 3.05) is 20.7 Å². The van der Waals surface area contributed by atoms with Crippen LogP contribution in [0.4, 0.5) is 0 Å². The van der Waals surface area contributed by atoms with Gasteiger partial charge in [0.1, 0.15) is 16.7 Å². The fourth-order valence-electron chi connectivity index (χ4n) is 2.11. The smallest absolute Gasteiger partial charge is 0.191 e. The fourth-order valence-corrected chi connectivity index (χ4v) is 2.22. The van der Waals surface area contributed by atoms with Gasteiger partial charge in [0, 0.05) is 31.9 Å². The number of methoxy groups -OCH3 is 1. The summed E-state index contributed by atoms with van der Waals surface area (Å²) in [6, 6.07) is 8.83. The highest BCUT2D eigenvalue weighted by molar-refractivity contribution is 6.29. The largest absolute Gasteiger partial charge is 0.508 e. The zero-order chi connectivity index (χ0) is 17.4. The second kappa shape index (κ2) is 8.98. The van der Waals surface area contributed by atoms with Crippen LogP contribution >= 0.6 is 11.6 Å². The number of hydrogen-bond donors (Lipinski definition) is 3. The Morgan fingerprint density at radius 3 is 2.79 bits per heavy atom. The van der Waals surface area contributed by atoms with E-state index in [1.807, 2.05) is 6.07 Å². The maximum atomic E-state index is 9.89. The van der Waals surface area contributed by atoms with Gasteiger partial charge in [0.05, 0.1) is 7.11 Å². The molecule has 1 heterocycles. The van der Waals surface area contributed by atoms with Crippen molar-refractivity contribution in [3.05, 3.63) is 52.8 Å². The van der Waals surface area contributed by atoms with E-state index in [0.717, 1.165) is 17.5 Å². The Morgan fingerprint density at radius 2 is 2.12 bits per heavy atom. The molecule has 1 aromatic carbocycles. The van der Waals surface area contributed by atoms with Gasteiger partial charge in [-0.15, -0.1) is 0 Å². The molecule has 6 nitrogen and oxygen atoms in total. The number of guanidine groups is 1. The fraction of sp³-hybridized carbons (Fsp3) is 0.294. The molecule has 0 aliphatic heterocycles. The van der Waals surface area contributed by atoms with Crippen LogP contribution < -0.4 is 15.4 Å². The molecule has 0 saturated heterocycles. The number of phenols is 1. The molecular weight excluding hydrogens is 328 g/mol. The lowest BCUT2D eigenvalue weighted by atomic mass is 10.2. The molecule has 3 N–H and O–H groups in total. The average molecular weight is 349 g/mol. The molecule has 0 amide bonds. The molecule has 0 unspecified atom stereocenters.